The lowest BCUT2D eigenvalue weighted by molar-refractivity contribution is 0.353. The normalized spacial score (nSPS) is 14.1. The van der Waals surface area contributed by atoms with Crippen LogP contribution < -0.4 is 0 Å². The predicted molar refractivity (Wildman–Crippen MR) is 222 cm³/mol. The molecule has 3 aromatic heterocycles. The van der Waals surface area contributed by atoms with Crippen molar-refractivity contribution in [1.82, 2.24) is 15.0 Å². The zero-order valence-electron chi connectivity index (χ0n) is 30.1. The van der Waals surface area contributed by atoms with E-state index in [4.69, 9.17) is 4.98 Å². The summed E-state index contributed by atoms with van der Waals surface area (Å²) in [7, 11) is 0. The molecule has 0 aliphatic heterocycles. The molecule has 1 saturated carbocycles. The van der Waals surface area contributed by atoms with Gasteiger partial charge in [0.05, 0.1) is 11.4 Å². The summed E-state index contributed by atoms with van der Waals surface area (Å²) in [5.41, 5.74) is 19.4. The van der Waals surface area contributed by atoms with E-state index in [2.05, 4.69) is 149 Å². The van der Waals surface area contributed by atoms with Gasteiger partial charge >= 0.3 is 0 Å². The van der Waals surface area contributed by atoms with Crippen LogP contribution >= 0.6 is 0 Å². The molecule has 0 atom stereocenters. The minimum atomic E-state index is 0.171. The van der Waals surface area contributed by atoms with E-state index in [-0.39, 0.29) is 5.41 Å². The maximum atomic E-state index is 5.11. The molecule has 0 amide bonds. The zero-order chi connectivity index (χ0) is 35.9. The first-order valence-electron chi connectivity index (χ1n) is 19.1. The maximum Gasteiger partial charge on any atom is 0.0731 e. The lowest BCUT2D eigenvalue weighted by atomic mass is 9.67. The summed E-state index contributed by atoms with van der Waals surface area (Å²) in [6.07, 6.45) is 13.8. The quantitative estimate of drug-likeness (QED) is 0.174. The summed E-state index contributed by atoms with van der Waals surface area (Å²) in [5, 5.41) is 0. The van der Waals surface area contributed by atoms with Gasteiger partial charge in [-0.05, 0) is 117 Å². The summed E-state index contributed by atoms with van der Waals surface area (Å²) < 4.78 is 0. The molecule has 10 rings (SSSR count). The Morgan fingerprint density at radius 1 is 0.352 bits per heavy atom. The second-order valence-electron chi connectivity index (χ2n) is 14.8. The average molecular weight is 694 g/mol. The van der Waals surface area contributed by atoms with Gasteiger partial charge in [0.2, 0.25) is 0 Å². The van der Waals surface area contributed by atoms with Crippen LogP contribution in [0, 0.1) is 0 Å². The van der Waals surface area contributed by atoms with Crippen molar-refractivity contribution in [3.8, 4) is 78.1 Å². The van der Waals surface area contributed by atoms with E-state index in [0.717, 1.165) is 39.2 Å². The van der Waals surface area contributed by atoms with Gasteiger partial charge in [-0.1, -0.05) is 128 Å². The van der Waals surface area contributed by atoms with Crippen molar-refractivity contribution in [2.75, 3.05) is 0 Å². The molecule has 0 bridgehead atoms. The van der Waals surface area contributed by atoms with Crippen molar-refractivity contribution in [3.63, 3.8) is 0 Å². The molecule has 0 saturated heterocycles. The van der Waals surface area contributed by atoms with Crippen molar-refractivity contribution in [2.24, 2.45) is 0 Å². The van der Waals surface area contributed by atoms with E-state index < -0.39 is 0 Å². The summed E-state index contributed by atoms with van der Waals surface area (Å²) in [6, 6.07) is 55.4. The third kappa shape index (κ3) is 5.74. The molecule has 3 heterocycles. The molecule has 54 heavy (non-hydrogen) atoms. The molecule has 1 spiro atoms. The van der Waals surface area contributed by atoms with Crippen LogP contribution in [0.5, 0.6) is 0 Å². The molecule has 0 N–H and O–H groups in total. The zero-order valence-corrected chi connectivity index (χ0v) is 30.1. The van der Waals surface area contributed by atoms with E-state index in [1.54, 1.807) is 18.0 Å². The third-order valence-electron chi connectivity index (χ3n) is 11.7. The van der Waals surface area contributed by atoms with Crippen LogP contribution in [0.25, 0.3) is 78.1 Å². The largest absolute Gasteiger partial charge is 0.264 e. The van der Waals surface area contributed by atoms with Crippen molar-refractivity contribution in [2.45, 2.75) is 37.5 Å². The van der Waals surface area contributed by atoms with Gasteiger partial charge in [-0.15, -0.1) is 0 Å². The Labute approximate surface area is 317 Å². The van der Waals surface area contributed by atoms with Gasteiger partial charge in [0, 0.05) is 46.9 Å². The highest BCUT2D eigenvalue weighted by Gasteiger charge is 2.43. The molecule has 5 aromatic carbocycles. The average Bonchev–Trinajstić information content (AvgIpc) is 3.52. The van der Waals surface area contributed by atoms with Crippen molar-refractivity contribution >= 4 is 0 Å². The highest BCUT2D eigenvalue weighted by molar-refractivity contribution is 5.85. The maximum absolute atomic E-state index is 5.11. The molecule has 2 aliphatic carbocycles. The number of hydrogen-bond donors (Lipinski definition) is 0. The van der Waals surface area contributed by atoms with Crippen LogP contribution in [-0.2, 0) is 5.41 Å². The molecular weight excluding hydrogens is 655 g/mol. The number of fused-ring (bicyclic) bond motifs is 5. The van der Waals surface area contributed by atoms with E-state index in [1.165, 1.54) is 76.6 Å². The van der Waals surface area contributed by atoms with E-state index in [9.17, 15) is 0 Å². The SMILES string of the molecule is c1cncc(-c2cc(-c3cccnc3)nc(-c3cccc(-c4ccc(-c5ccc(-c6ccc7c(c6)C6(CCCCC6)c6ccccc6-7)cc5)cc4)c3)c2)c1. The molecule has 3 nitrogen and oxygen atoms in total. The number of rotatable bonds is 6. The van der Waals surface area contributed by atoms with Crippen LogP contribution in [-0.4, -0.2) is 15.0 Å². The number of pyridine rings is 3. The van der Waals surface area contributed by atoms with Gasteiger partial charge in [-0.2, -0.15) is 0 Å². The van der Waals surface area contributed by atoms with Gasteiger partial charge in [-0.25, -0.2) is 4.98 Å². The molecule has 1 fully saturated rings. The minimum Gasteiger partial charge on any atom is -0.264 e. The van der Waals surface area contributed by atoms with Gasteiger partial charge < -0.3 is 0 Å². The highest BCUT2D eigenvalue weighted by Crippen LogP contribution is 2.56. The van der Waals surface area contributed by atoms with Crippen molar-refractivity contribution < 1.29 is 0 Å². The number of benzene rings is 5. The summed E-state index contributed by atoms with van der Waals surface area (Å²) in [4.78, 5) is 13.8. The first kappa shape index (κ1) is 32.2. The van der Waals surface area contributed by atoms with Gasteiger partial charge in [0.1, 0.15) is 0 Å². The molecule has 0 radical (unpaired) electrons. The molecule has 2 aliphatic rings. The molecular formula is C51H39N3. The Hall–Kier alpha value is -6.45. The Morgan fingerprint density at radius 3 is 1.56 bits per heavy atom. The van der Waals surface area contributed by atoms with Gasteiger partial charge in [0.25, 0.3) is 0 Å². The molecule has 258 valence electrons. The first-order chi connectivity index (χ1) is 26.7. The Morgan fingerprint density at radius 2 is 0.889 bits per heavy atom. The van der Waals surface area contributed by atoms with Crippen LogP contribution in [0.15, 0.2) is 176 Å². The summed E-state index contributed by atoms with van der Waals surface area (Å²) in [5.74, 6) is 0. The summed E-state index contributed by atoms with van der Waals surface area (Å²) in [6.45, 7) is 0. The highest BCUT2D eigenvalue weighted by atomic mass is 14.7. The standard InChI is InChI=1S/C51H39N3/c1-4-25-51(26-5-1)47-14-3-2-13-45(47)46-24-23-40(30-48(46)51)38-21-17-36(18-22-38)35-15-19-37(20-16-35)39-9-6-10-41(29-39)49-31-44(42-11-7-27-52-33-42)32-50(54-49)43-12-8-28-53-34-43/h2-3,6-24,27-34H,1,4-5,25-26H2. The second-order valence-corrected chi connectivity index (χ2v) is 14.8. The Kier molecular flexibility index (Phi) is 8.06. The van der Waals surface area contributed by atoms with Gasteiger partial charge in [0.15, 0.2) is 0 Å². The fourth-order valence-electron chi connectivity index (χ4n) is 8.94. The third-order valence-corrected chi connectivity index (χ3v) is 11.7. The van der Waals surface area contributed by atoms with E-state index in [0.29, 0.717) is 0 Å². The number of aromatic nitrogens is 3. The van der Waals surface area contributed by atoms with Crippen LogP contribution in [0.1, 0.15) is 43.2 Å². The minimum absolute atomic E-state index is 0.171. The fraction of sp³-hybridized carbons (Fsp3) is 0.118. The number of hydrogen-bond acceptors (Lipinski definition) is 3. The van der Waals surface area contributed by atoms with Crippen LogP contribution in [0.4, 0.5) is 0 Å². The molecule has 8 aromatic rings. The van der Waals surface area contributed by atoms with E-state index >= 15 is 0 Å². The smallest absolute Gasteiger partial charge is 0.0731 e. The van der Waals surface area contributed by atoms with Crippen LogP contribution in [0.3, 0.4) is 0 Å². The monoisotopic (exact) mass is 693 g/mol. The second kappa shape index (κ2) is 13.5. The molecule has 0 unspecified atom stereocenters. The van der Waals surface area contributed by atoms with Gasteiger partial charge in [-0.3, -0.25) is 9.97 Å². The first-order valence-corrected chi connectivity index (χ1v) is 19.1. The topological polar surface area (TPSA) is 38.7 Å². The Bertz CT molecular complexity index is 2550. The van der Waals surface area contributed by atoms with Crippen molar-refractivity contribution in [1.29, 1.82) is 0 Å². The molecule has 3 heteroatoms. The lowest BCUT2D eigenvalue weighted by Gasteiger charge is -2.36. The van der Waals surface area contributed by atoms with Crippen LogP contribution in [0.2, 0.25) is 0 Å². The Balaban J connectivity index is 0.923. The summed E-state index contributed by atoms with van der Waals surface area (Å²) >= 11 is 0. The van der Waals surface area contributed by atoms with Crippen molar-refractivity contribution in [3.05, 3.63) is 188 Å². The van der Waals surface area contributed by atoms with E-state index in [1.807, 2.05) is 24.5 Å². The number of nitrogens with zero attached hydrogens (tertiary/aromatic N) is 3. The lowest BCUT2D eigenvalue weighted by Crippen LogP contribution is -2.28. The fourth-order valence-corrected chi connectivity index (χ4v) is 8.94. The predicted octanol–water partition coefficient (Wildman–Crippen LogP) is 13.1.